The Kier molecular flexibility index (Phi) is 2.55. The van der Waals surface area contributed by atoms with Gasteiger partial charge in [0.05, 0.1) is 0 Å². The van der Waals surface area contributed by atoms with E-state index in [9.17, 15) is 4.39 Å². The van der Waals surface area contributed by atoms with Gasteiger partial charge in [-0.15, -0.1) is 0 Å². The Morgan fingerprint density at radius 2 is 2.14 bits per heavy atom. The maximum atomic E-state index is 13.3. The summed E-state index contributed by atoms with van der Waals surface area (Å²) < 4.78 is 13.3. The van der Waals surface area contributed by atoms with Crippen molar-refractivity contribution in [3.05, 3.63) is 35.6 Å². The summed E-state index contributed by atoms with van der Waals surface area (Å²) in [6.45, 7) is 2.20. The molecule has 3 unspecified atom stereocenters. The second kappa shape index (κ2) is 3.70. The zero-order valence-electron chi connectivity index (χ0n) is 8.41. The molecule has 0 bridgehead atoms. The minimum atomic E-state index is -0.128. The van der Waals surface area contributed by atoms with Crippen LogP contribution in [0.2, 0.25) is 0 Å². The Hall–Kier alpha value is -0.890. The second-order valence-electron chi connectivity index (χ2n) is 4.34. The lowest BCUT2D eigenvalue weighted by molar-refractivity contribution is 0.536. The average molecular weight is 193 g/mol. The summed E-state index contributed by atoms with van der Waals surface area (Å²) >= 11 is 0. The maximum absolute atomic E-state index is 13.3. The molecule has 76 valence electrons. The van der Waals surface area contributed by atoms with Crippen molar-refractivity contribution in [2.75, 3.05) is 0 Å². The molecule has 1 aliphatic rings. The lowest BCUT2D eigenvalue weighted by atomic mass is 10.0. The molecular formula is C12H16FN. The summed E-state index contributed by atoms with van der Waals surface area (Å²) in [7, 11) is 0. The molecule has 0 aliphatic heterocycles. The van der Waals surface area contributed by atoms with E-state index in [1.165, 1.54) is 12.5 Å². The lowest BCUT2D eigenvalue weighted by Gasteiger charge is -2.11. The van der Waals surface area contributed by atoms with Crippen molar-refractivity contribution < 1.29 is 4.39 Å². The third-order valence-corrected chi connectivity index (χ3v) is 3.14. The molecule has 0 saturated heterocycles. The third kappa shape index (κ3) is 1.95. The number of hydrogen-bond donors (Lipinski definition) is 1. The van der Waals surface area contributed by atoms with E-state index in [4.69, 9.17) is 5.73 Å². The van der Waals surface area contributed by atoms with E-state index in [0.717, 1.165) is 11.5 Å². The van der Waals surface area contributed by atoms with Crippen molar-refractivity contribution in [1.82, 2.24) is 0 Å². The van der Waals surface area contributed by atoms with Crippen LogP contribution in [0.15, 0.2) is 24.3 Å². The quantitative estimate of drug-likeness (QED) is 0.783. The molecule has 1 aliphatic carbocycles. The van der Waals surface area contributed by atoms with Crippen LogP contribution < -0.4 is 5.73 Å². The number of hydrogen-bond acceptors (Lipinski definition) is 1. The minimum Gasteiger partial charge on any atom is -0.327 e. The third-order valence-electron chi connectivity index (χ3n) is 3.14. The molecule has 3 atom stereocenters. The highest BCUT2D eigenvalue weighted by Crippen LogP contribution is 2.40. The Bertz CT molecular complexity index is 324. The second-order valence-corrected chi connectivity index (χ2v) is 4.34. The first-order valence-electron chi connectivity index (χ1n) is 5.17. The van der Waals surface area contributed by atoms with Gasteiger partial charge in [-0.2, -0.15) is 0 Å². The first kappa shape index (κ1) is 9.66. The Balaban J connectivity index is 2.00. The van der Waals surface area contributed by atoms with Crippen molar-refractivity contribution in [1.29, 1.82) is 0 Å². The molecule has 2 N–H and O–H groups in total. The van der Waals surface area contributed by atoms with E-state index < -0.39 is 0 Å². The molecule has 1 aromatic rings. The van der Waals surface area contributed by atoms with Gasteiger partial charge in [-0.05, 0) is 36.3 Å². The number of rotatable bonds is 3. The molecule has 2 rings (SSSR count). The predicted molar refractivity (Wildman–Crippen MR) is 55.4 cm³/mol. The van der Waals surface area contributed by atoms with Crippen LogP contribution in [0.1, 0.15) is 18.9 Å². The number of halogens is 1. The zero-order chi connectivity index (χ0) is 10.1. The zero-order valence-corrected chi connectivity index (χ0v) is 8.41. The highest BCUT2D eigenvalue weighted by molar-refractivity contribution is 5.19. The standard InChI is InChI=1S/C12H16FN/c1-8-6-10(8)12(14)7-9-4-2-3-5-11(9)13/h2-5,8,10,12H,6-7,14H2,1H3. The van der Waals surface area contributed by atoms with E-state index in [1.807, 2.05) is 12.1 Å². The topological polar surface area (TPSA) is 26.0 Å². The van der Waals surface area contributed by atoms with Crippen molar-refractivity contribution in [3.8, 4) is 0 Å². The molecular weight excluding hydrogens is 177 g/mol. The number of benzene rings is 1. The van der Waals surface area contributed by atoms with Crippen molar-refractivity contribution in [3.63, 3.8) is 0 Å². The maximum Gasteiger partial charge on any atom is 0.126 e. The van der Waals surface area contributed by atoms with Gasteiger partial charge in [0, 0.05) is 6.04 Å². The first-order chi connectivity index (χ1) is 6.68. The van der Waals surface area contributed by atoms with Gasteiger partial charge in [-0.1, -0.05) is 25.1 Å². The Morgan fingerprint density at radius 3 is 2.71 bits per heavy atom. The van der Waals surface area contributed by atoms with E-state index in [1.54, 1.807) is 6.07 Å². The molecule has 0 spiro atoms. The van der Waals surface area contributed by atoms with Crippen LogP contribution in [0, 0.1) is 17.7 Å². The van der Waals surface area contributed by atoms with Gasteiger partial charge in [-0.3, -0.25) is 0 Å². The normalized spacial score (nSPS) is 27.4. The largest absolute Gasteiger partial charge is 0.327 e. The number of nitrogens with two attached hydrogens (primary N) is 1. The molecule has 1 fully saturated rings. The van der Waals surface area contributed by atoms with Crippen LogP contribution in [-0.2, 0) is 6.42 Å². The fraction of sp³-hybridized carbons (Fsp3) is 0.500. The average Bonchev–Trinajstić information content (AvgIpc) is 2.87. The van der Waals surface area contributed by atoms with E-state index in [0.29, 0.717) is 12.3 Å². The highest BCUT2D eigenvalue weighted by Gasteiger charge is 2.37. The predicted octanol–water partition coefficient (Wildman–Crippen LogP) is 2.35. The molecule has 0 aromatic heterocycles. The monoisotopic (exact) mass is 193 g/mol. The van der Waals surface area contributed by atoms with Crippen LogP contribution in [-0.4, -0.2) is 6.04 Å². The highest BCUT2D eigenvalue weighted by atomic mass is 19.1. The molecule has 14 heavy (non-hydrogen) atoms. The van der Waals surface area contributed by atoms with Crippen molar-refractivity contribution in [2.24, 2.45) is 17.6 Å². The van der Waals surface area contributed by atoms with Gasteiger partial charge in [0.1, 0.15) is 5.82 Å². The fourth-order valence-corrected chi connectivity index (χ4v) is 2.02. The minimum absolute atomic E-state index is 0.127. The van der Waals surface area contributed by atoms with E-state index in [-0.39, 0.29) is 11.9 Å². The van der Waals surface area contributed by atoms with Crippen LogP contribution in [0.25, 0.3) is 0 Å². The smallest absolute Gasteiger partial charge is 0.126 e. The van der Waals surface area contributed by atoms with Crippen LogP contribution in [0.3, 0.4) is 0 Å². The SMILES string of the molecule is CC1CC1C(N)Cc1ccccc1F. The van der Waals surface area contributed by atoms with Crippen LogP contribution >= 0.6 is 0 Å². The van der Waals surface area contributed by atoms with Gasteiger partial charge >= 0.3 is 0 Å². The molecule has 1 saturated carbocycles. The molecule has 0 amide bonds. The fourth-order valence-electron chi connectivity index (χ4n) is 2.02. The van der Waals surface area contributed by atoms with Crippen molar-refractivity contribution >= 4 is 0 Å². The summed E-state index contributed by atoms with van der Waals surface area (Å²) in [6.07, 6.45) is 1.87. The Labute approximate surface area is 84.1 Å². The molecule has 0 heterocycles. The molecule has 1 aromatic carbocycles. The van der Waals surface area contributed by atoms with Crippen LogP contribution in [0.4, 0.5) is 4.39 Å². The summed E-state index contributed by atoms with van der Waals surface area (Å²) in [6, 6.07) is 7.02. The first-order valence-corrected chi connectivity index (χ1v) is 5.17. The van der Waals surface area contributed by atoms with E-state index >= 15 is 0 Å². The molecule has 1 nitrogen and oxygen atoms in total. The van der Waals surface area contributed by atoms with Gasteiger partial charge in [0.15, 0.2) is 0 Å². The Morgan fingerprint density at radius 1 is 1.50 bits per heavy atom. The summed E-state index contributed by atoms with van der Waals surface area (Å²) in [5, 5.41) is 0. The molecule has 2 heteroatoms. The molecule has 0 radical (unpaired) electrons. The summed E-state index contributed by atoms with van der Waals surface area (Å²) in [4.78, 5) is 0. The van der Waals surface area contributed by atoms with Crippen molar-refractivity contribution in [2.45, 2.75) is 25.8 Å². The summed E-state index contributed by atoms with van der Waals surface area (Å²) in [5.74, 6) is 1.21. The summed E-state index contributed by atoms with van der Waals surface area (Å²) in [5.41, 5.74) is 6.75. The van der Waals surface area contributed by atoms with E-state index in [2.05, 4.69) is 6.92 Å². The van der Waals surface area contributed by atoms with Gasteiger partial charge in [0.25, 0.3) is 0 Å². The van der Waals surface area contributed by atoms with Gasteiger partial charge in [0.2, 0.25) is 0 Å². The van der Waals surface area contributed by atoms with Gasteiger partial charge < -0.3 is 5.73 Å². The van der Waals surface area contributed by atoms with Crippen LogP contribution in [0.5, 0.6) is 0 Å². The van der Waals surface area contributed by atoms with Gasteiger partial charge in [-0.25, -0.2) is 4.39 Å². The lowest BCUT2D eigenvalue weighted by Crippen LogP contribution is -2.26.